The number of hydrogen-bond donors (Lipinski definition) is 0. The van der Waals surface area contributed by atoms with E-state index in [0.29, 0.717) is 6.42 Å². The molecule has 2 aromatic carbocycles. The molecule has 3 heteroatoms. The summed E-state index contributed by atoms with van der Waals surface area (Å²) >= 11 is 1.62. The van der Waals surface area contributed by atoms with E-state index in [1.807, 2.05) is 53.9 Å². The quantitative estimate of drug-likeness (QED) is 0.661. The predicted octanol–water partition coefficient (Wildman–Crippen LogP) is 4.16. The monoisotopic (exact) mass is 293 g/mol. The zero-order chi connectivity index (χ0) is 14.5. The third-order valence-corrected chi connectivity index (χ3v) is 4.13. The molecule has 0 atom stereocenters. The first-order chi connectivity index (χ1) is 10.3. The maximum absolute atomic E-state index is 12.1. The Hall–Kier alpha value is -2.26. The van der Waals surface area contributed by atoms with Crippen molar-refractivity contribution in [3.8, 4) is 0 Å². The SMILES string of the molecule is O=C(Cc1csc(Cc2ccccc2)n1)c1ccccc1. The van der Waals surface area contributed by atoms with Gasteiger partial charge in [0.1, 0.15) is 0 Å². The standard InChI is InChI=1S/C18H15NOS/c20-17(15-9-5-2-6-10-15)12-16-13-21-18(19-16)11-14-7-3-1-4-8-14/h1-10,13H,11-12H2. The van der Waals surface area contributed by atoms with E-state index < -0.39 is 0 Å². The van der Waals surface area contributed by atoms with Crippen molar-refractivity contribution in [3.63, 3.8) is 0 Å². The van der Waals surface area contributed by atoms with Crippen LogP contribution in [0.5, 0.6) is 0 Å². The van der Waals surface area contributed by atoms with Crippen molar-refractivity contribution in [3.05, 3.63) is 87.9 Å². The van der Waals surface area contributed by atoms with Gasteiger partial charge in [-0.3, -0.25) is 4.79 Å². The summed E-state index contributed by atoms with van der Waals surface area (Å²) in [7, 11) is 0. The highest BCUT2D eigenvalue weighted by Gasteiger charge is 2.10. The molecule has 3 aromatic rings. The lowest BCUT2D eigenvalue weighted by Gasteiger charge is -1.98. The number of carbonyl (C=O) groups is 1. The fourth-order valence-electron chi connectivity index (χ4n) is 2.17. The number of benzene rings is 2. The van der Waals surface area contributed by atoms with Crippen LogP contribution in [0.25, 0.3) is 0 Å². The van der Waals surface area contributed by atoms with Gasteiger partial charge in [-0.15, -0.1) is 11.3 Å². The zero-order valence-electron chi connectivity index (χ0n) is 11.5. The second kappa shape index (κ2) is 6.46. The third-order valence-electron chi connectivity index (χ3n) is 3.23. The van der Waals surface area contributed by atoms with E-state index in [4.69, 9.17) is 0 Å². The van der Waals surface area contributed by atoms with E-state index in [1.165, 1.54) is 5.56 Å². The summed E-state index contributed by atoms with van der Waals surface area (Å²) < 4.78 is 0. The number of carbonyl (C=O) groups excluding carboxylic acids is 1. The lowest BCUT2D eigenvalue weighted by molar-refractivity contribution is 0.0992. The van der Waals surface area contributed by atoms with E-state index in [0.717, 1.165) is 22.7 Å². The topological polar surface area (TPSA) is 30.0 Å². The number of nitrogens with zero attached hydrogens (tertiary/aromatic N) is 1. The maximum Gasteiger partial charge on any atom is 0.168 e. The van der Waals surface area contributed by atoms with Gasteiger partial charge in [0.2, 0.25) is 0 Å². The first kappa shape index (κ1) is 13.7. The van der Waals surface area contributed by atoms with Crippen molar-refractivity contribution in [2.45, 2.75) is 12.8 Å². The first-order valence-electron chi connectivity index (χ1n) is 6.87. The Balaban J connectivity index is 1.67. The van der Waals surface area contributed by atoms with Crippen LogP contribution in [0.3, 0.4) is 0 Å². The Morgan fingerprint density at radius 2 is 1.62 bits per heavy atom. The van der Waals surface area contributed by atoms with Gasteiger partial charge in [0, 0.05) is 17.4 Å². The van der Waals surface area contributed by atoms with Gasteiger partial charge in [0.25, 0.3) is 0 Å². The van der Waals surface area contributed by atoms with Gasteiger partial charge in [0.15, 0.2) is 5.78 Å². The van der Waals surface area contributed by atoms with E-state index in [-0.39, 0.29) is 5.78 Å². The molecule has 0 bridgehead atoms. The number of hydrogen-bond acceptors (Lipinski definition) is 3. The average molecular weight is 293 g/mol. The van der Waals surface area contributed by atoms with Crippen LogP contribution < -0.4 is 0 Å². The fourth-order valence-corrected chi connectivity index (χ4v) is 3.00. The lowest BCUT2D eigenvalue weighted by Crippen LogP contribution is -2.03. The molecule has 0 aliphatic rings. The van der Waals surface area contributed by atoms with Crippen LogP contribution in [-0.2, 0) is 12.8 Å². The molecule has 0 N–H and O–H groups in total. The molecule has 0 saturated heterocycles. The van der Waals surface area contributed by atoms with Gasteiger partial charge in [-0.1, -0.05) is 60.7 Å². The van der Waals surface area contributed by atoms with Crippen LogP contribution >= 0.6 is 11.3 Å². The molecular formula is C18H15NOS. The normalized spacial score (nSPS) is 10.5. The number of ketones is 1. The van der Waals surface area contributed by atoms with Crippen molar-refractivity contribution in [2.24, 2.45) is 0 Å². The number of rotatable bonds is 5. The van der Waals surface area contributed by atoms with Gasteiger partial charge < -0.3 is 0 Å². The Kier molecular flexibility index (Phi) is 4.22. The second-order valence-corrected chi connectivity index (χ2v) is 5.80. The molecule has 0 radical (unpaired) electrons. The van der Waals surface area contributed by atoms with Crippen molar-refractivity contribution in [2.75, 3.05) is 0 Å². The van der Waals surface area contributed by atoms with E-state index in [1.54, 1.807) is 11.3 Å². The lowest BCUT2D eigenvalue weighted by atomic mass is 10.1. The summed E-state index contributed by atoms with van der Waals surface area (Å²) in [5, 5.41) is 3.04. The maximum atomic E-state index is 12.1. The van der Waals surface area contributed by atoms with Crippen LogP contribution in [0.4, 0.5) is 0 Å². The highest BCUT2D eigenvalue weighted by Crippen LogP contribution is 2.16. The first-order valence-corrected chi connectivity index (χ1v) is 7.75. The molecule has 1 heterocycles. The minimum absolute atomic E-state index is 0.118. The van der Waals surface area contributed by atoms with Crippen LogP contribution in [0.2, 0.25) is 0 Å². The van der Waals surface area contributed by atoms with Crippen molar-refractivity contribution < 1.29 is 4.79 Å². The molecular weight excluding hydrogens is 278 g/mol. The molecule has 0 aliphatic heterocycles. The Morgan fingerprint density at radius 3 is 2.33 bits per heavy atom. The molecule has 0 spiro atoms. The van der Waals surface area contributed by atoms with E-state index in [2.05, 4.69) is 17.1 Å². The molecule has 0 fully saturated rings. The van der Waals surface area contributed by atoms with E-state index in [9.17, 15) is 4.79 Å². The summed E-state index contributed by atoms with van der Waals surface area (Å²) in [5.74, 6) is 0.118. The highest BCUT2D eigenvalue weighted by atomic mass is 32.1. The summed E-state index contributed by atoms with van der Waals surface area (Å²) in [6, 6.07) is 19.6. The van der Waals surface area contributed by atoms with Crippen molar-refractivity contribution in [1.29, 1.82) is 0 Å². The smallest absolute Gasteiger partial charge is 0.168 e. The van der Waals surface area contributed by atoms with Crippen LogP contribution in [0.15, 0.2) is 66.0 Å². The number of Topliss-reactive ketones (excluding diaryl/α,β-unsaturated/α-hetero) is 1. The Bertz CT molecular complexity index is 719. The second-order valence-electron chi connectivity index (χ2n) is 4.86. The fraction of sp³-hybridized carbons (Fsp3) is 0.111. The van der Waals surface area contributed by atoms with Crippen LogP contribution in [-0.4, -0.2) is 10.8 Å². The molecule has 0 unspecified atom stereocenters. The Labute approximate surface area is 128 Å². The summed E-state index contributed by atoms with van der Waals surface area (Å²) in [5.41, 5.74) is 2.85. The molecule has 0 saturated carbocycles. The zero-order valence-corrected chi connectivity index (χ0v) is 12.3. The molecule has 2 nitrogen and oxygen atoms in total. The van der Waals surface area contributed by atoms with Crippen LogP contribution in [0.1, 0.15) is 26.6 Å². The summed E-state index contributed by atoms with van der Waals surface area (Å²) in [6.45, 7) is 0. The minimum Gasteiger partial charge on any atom is -0.294 e. The van der Waals surface area contributed by atoms with Gasteiger partial charge in [0.05, 0.1) is 17.1 Å². The largest absolute Gasteiger partial charge is 0.294 e. The molecule has 21 heavy (non-hydrogen) atoms. The molecule has 1 aromatic heterocycles. The minimum atomic E-state index is 0.118. The van der Waals surface area contributed by atoms with Gasteiger partial charge in [-0.25, -0.2) is 4.98 Å². The van der Waals surface area contributed by atoms with Gasteiger partial charge >= 0.3 is 0 Å². The molecule has 0 aliphatic carbocycles. The molecule has 0 amide bonds. The predicted molar refractivity (Wildman–Crippen MR) is 85.8 cm³/mol. The third kappa shape index (κ3) is 3.64. The van der Waals surface area contributed by atoms with Crippen LogP contribution in [0, 0.1) is 0 Å². The van der Waals surface area contributed by atoms with E-state index >= 15 is 0 Å². The van der Waals surface area contributed by atoms with Gasteiger partial charge in [-0.05, 0) is 5.56 Å². The highest BCUT2D eigenvalue weighted by molar-refractivity contribution is 7.09. The molecule has 104 valence electrons. The number of aromatic nitrogens is 1. The molecule has 3 rings (SSSR count). The van der Waals surface area contributed by atoms with Crippen molar-refractivity contribution in [1.82, 2.24) is 4.98 Å². The summed E-state index contributed by atoms with van der Waals surface area (Å²) in [4.78, 5) is 16.7. The number of thiazole rings is 1. The Morgan fingerprint density at radius 1 is 0.952 bits per heavy atom. The average Bonchev–Trinajstić information content (AvgIpc) is 2.96. The van der Waals surface area contributed by atoms with Crippen molar-refractivity contribution >= 4 is 17.1 Å². The summed E-state index contributed by atoms with van der Waals surface area (Å²) in [6.07, 6.45) is 1.19. The van der Waals surface area contributed by atoms with Gasteiger partial charge in [-0.2, -0.15) is 0 Å².